The molecule has 1 rings (SSSR count). The Bertz CT molecular complexity index is 475. The third kappa shape index (κ3) is 6.61. The highest BCUT2D eigenvalue weighted by molar-refractivity contribution is 6.39. The average Bonchev–Trinajstić information content (AvgIpc) is 2.52. The predicted octanol–water partition coefficient (Wildman–Crippen LogP) is 3.11. The molecule has 0 unspecified atom stereocenters. The fraction of sp³-hybridized carbons (Fsp3) is 0.529. The number of nitrogens with one attached hydrogen (secondary N) is 2. The maximum Gasteiger partial charge on any atom is 0.313 e. The molecule has 122 valence electrons. The van der Waals surface area contributed by atoms with E-state index in [2.05, 4.69) is 17.6 Å². The van der Waals surface area contributed by atoms with Gasteiger partial charge in [0.15, 0.2) is 0 Å². The number of ether oxygens (including phenoxy) is 1. The van der Waals surface area contributed by atoms with Crippen LogP contribution in [0.15, 0.2) is 24.3 Å². The maximum atomic E-state index is 11.9. The van der Waals surface area contributed by atoms with Crippen molar-refractivity contribution in [2.45, 2.75) is 46.0 Å². The summed E-state index contributed by atoms with van der Waals surface area (Å²) in [4.78, 5) is 23.6. The van der Waals surface area contributed by atoms with Crippen LogP contribution >= 0.6 is 0 Å². The van der Waals surface area contributed by atoms with Gasteiger partial charge in [0, 0.05) is 6.54 Å². The molecule has 0 heterocycles. The van der Waals surface area contributed by atoms with Crippen molar-refractivity contribution in [1.82, 2.24) is 5.32 Å². The number of benzene rings is 1. The lowest BCUT2D eigenvalue weighted by atomic mass is 10.1. The smallest absolute Gasteiger partial charge is 0.313 e. The van der Waals surface area contributed by atoms with E-state index in [0.717, 1.165) is 12.8 Å². The van der Waals surface area contributed by atoms with E-state index in [0.29, 0.717) is 24.6 Å². The highest BCUT2D eigenvalue weighted by atomic mass is 16.5. The van der Waals surface area contributed by atoms with Crippen molar-refractivity contribution in [3.8, 4) is 5.75 Å². The van der Waals surface area contributed by atoms with Gasteiger partial charge in [-0.15, -0.1) is 0 Å². The molecular formula is C17H26N2O3. The van der Waals surface area contributed by atoms with E-state index < -0.39 is 11.8 Å². The van der Waals surface area contributed by atoms with Crippen LogP contribution in [-0.4, -0.2) is 25.0 Å². The fourth-order valence-corrected chi connectivity index (χ4v) is 2.04. The summed E-state index contributed by atoms with van der Waals surface area (Å²) in [6.07, 6.45) is 5.54. The number of amides is 2. The van der Waals surface area contributed by atoms with Crippen LogP contribution in [0.25, 0.3) is 0 Å². The van der Waals surface area contributed by atoms with E-state index in [1.165, 1.54) is 19.3 Å². The Morgan fingerprint density at radius 2 is 1.73 bits per heavy atom. The third-order valence-corrected chi connectivity index (χ3v) is 3.21. The molecular weight excluding hydrogens is 280 g/mol. The maximum absolute atomic E-state index is 11.9. The Balaban J connectivity index is 2.36. The Kier molecular flexibility index (Phi) is 8.72. The Morgan fingerprint density at radius 1 is 1.00 bits per heavy atom. The second kappa shape index (κ2) is 10.7. The van der Waals surface area contributed by atoms with Crippen molar-refractivity contribution >= 4 is 17.5 Å². The van der Waals surface area contributed by atoms with Gasteiger partial charge in [0.05, 0.1) is 12.3 Å². The molecule has 0 aliphatic heterocycles. The minimum absolute atomic E-state index is 0.497. The number of hydrogen-bond acceptors (Lipinski definition) is 3. The number of hydrogen-bond donors (Lipinski definition) is 2. The van der Waals surface area contributed by atoms with Gasteiger partial charge < -0.3 is 15.4 Å². The Hall–Kier alpha value is -2.04. The minimum Gasteiger partial charge on any atom is -0.492 e. The highest BCUT2D eigenvalue weighted by Gasteiger charge is 2.14. The van der Waals surface area contributed by atoms with Crippen molar-refractivity contribution in [3.63, 3.8) is 0 Å². The number of carbonyl (C=O) groups excluding carboxylic acids is 2. The van der Waals surface area contributed by atoms with Crippen LogP contribution in [0.3, 0.4) is 0 Å². The molecule has 2 N–H and O–H groups in total. The molecule has 0 radical (unpaired) electrons. The molecule has 5 nitrogen and oxygen atoms in total. The van der Waals surface area contributed by atoms with Gasteiger partial charge in [0.25, 0.3) is 0 Å². The van der Waals surface area contributed by atoms with Crippen LogP contribution in [0.2, 0.25) is 0 Å². The van der Waals surface area contributed by atoms with Gasteiger partial charge in [-0.3, -0.25) is 9.59 Å². The molecule has 0 spiro atoms. The zero-order valence-electron chi connectivity index (χ0n) is 13.5. The van der Waals surface area contributed by atoms with Gasteiger partial charge in [0.1, 0.15) is 5.75 Å². The predicted molar refractivity (Wildman–Crippen MR) is 88.0 cm³/mol. The first-order chi connectivity index (χ1) is 10.7. The molecule has 5 heteroatoms. The zero-order chi connectivity index (χ0) is 16.2. The topological polar surface area (TPSA) is 67.4 Å². The molecule has 0 bridgehead atoms. The van der Waals surface area contributed by atoms with Crippen LogP contribution < -0.4 is 15.4 Å². The molecule has 0 aliphatic carbocycles. The lowest BCUT2D eigenvalue weighted by molar-refractivity contribution is -0.136. The average molecular weight is 306 g/mol. The molecule has 0 saturated carbocycles. The number of para-hydroxylation sites is 2. The second-order valence-corrected chi connectivity index (χ2v) is 5.05. The summed E-state index contributed by atoms with van der Waals surface area (Å²) in [5, 5.41) is 5.22. The minimum atomic E-state index is -0.666. The van der Waals surface area contributed by atoms with Gasteiger partial charge >= 0.3 is 11.8 Å². The van der Waals surface area contributed by atoms with E-state index in [1.807, 2.05) is 13.0 Å². The first-order valence-corrected chi connectivity index (χ1v) is 8.00. The summed E-state index contributed by atoms with van der Waals surface area (Å²) in [6, 6.07) is 7.06. The summed E-state index contributed by atoms with van der Waals surface area (Å²) in [6.45, 7) is 5.05. The first kappa shape index (κ1) is 18.0. The highest BCUT2D eigenvalue weighted by Crippen LogP contribution is 2.23. The summed E-state index contributed by atoms with van der Waals surface area (Å²) >= 11 is 0. The van der Waals surface area contributed by atoms with E-state index in [-0.39, 0.29) is 0 Å². The molecule has 1 aromatic carbocycles. The summed E-state index contributed by atoms with van der Waals surface area (Å²) in [7, 11) is 0. The zero-order valence-corrected chi connectivity index (χ0v) is 13.5. The molecule has 2 amide bonds. The molecule has 1 aromatic rings. The molecule has 22 heavy (non-hydrogen) atoms. The van der Waals surface area contributed by atoms with Crippen LogP contribution in [0, 0.1) is 0 Å². The number of anilines is 1. The molecule has 0 fully saturated rings. The monoisotopic (exact) mass is 306 g/mol. The second-order valence-electron chi connectivity index (χ2n) is 5.05. The fourth-order valence-electron chi connectivity index (χ4n) is 2.04. The van der Waals surface area contributed by atoms with E-state index >= 15 is 0 Å². The van der Waals surface area contributed by atoms with Crippen LogP contribution in [0.5, 0.6) is 5.75 Å². The van der Waals surface area contributed by atoms with E-state index in [1.54, 1.807) is 18.2 Å². The van der Waals surface area contributed by atoms with Crippen molar-refractivity contribution in [1.29, 1.82) is 0 Å². The summed E-state index contributed by atoms with van der Waals surface area (Å²) in [5.41, 5.74) is 0.507. The molecule has 0 aliphatic rings. The van der Waals surface area contributed by atoms with Crippen LogP contribution in [0.4, 0.5) is 5.69 Å². The van der Waals surface area contributed by atoms with Crippen molar-refractivity contribution in [3.05, 3.63) is 24.3 Å². The van der Waals surface area contributed by atoms with Crippen LogP contribution in [0.1, 0.15) is 46.0 Å². The standard InChI is InChI=1S/C17H26N2O3/c1-3-5-6-7-10-13-18-16(20)17(21)19-14-11-8-9-12-15(14)22-4-2/h8-9,11-12H,3-7,10,13H2,1-2H3,(H,18,20)(H,19,21). The lowest BCUT2D eigenvalue weighted by Gasteiger charge is -2.11. The SMILES string of the molecule is CCCCCCCNC(=O)C(=O)Nc1ccccc1OCC. The first-order valence-electron chi connectivity index (χ1n) is 8.00. The van der Waals surface area contributed by atoms with Gasteiger partial charge in [-0.2, -0.15) is 0 Å². The van der Waals surface area contributed by atoms with Gasteiger partial charge in [-0.05, 0) is 25.5 Å². The van der Waals surface area contributed by atoms with E-state index in [4.69, 9.17) is 4.74 Å². The molecule has 0 aromatic heterocycles. The van der Waals surface area contributed by atoms with Crippen molar-refractivity contribution in [2.24, 2.45) is 0 Å². The number of carbonyl (C=O) groups is 2. The van der Waals surface area contributed by atoms with Gasteiger partial charge in [0.2, 0.25) is 0 Å². The quantitative estimate of drug-likeness (QED) is 0.544. The van der Waals surface area contributed by atoms with E-state index in [9.17, 15) is 9.59 Å². The number of unbranched alkanes of at least 4 members (excludes halogenated alkanes) is 4. The van der Waals surface area contributed by atoms with Gasteiger partial charge in [-0.25, -0.2) is 0 Å². The summed E-state index contributed by atoms with van der Waals surface area (Å²) < 4.78 is 5.41. The van der Waals surface area contributed by atoms with Gasteiger partial charge in [-0.1, -0.05) is 44.7 Å². The Morgan fingerprint density at radius 3 is 2.45 bits per heavy atom. The number of rotatable bonds is 9. The van der Waals surface area contributed by atoms with Crippen LogP contribution in [-0.2, 0) is 9.59 Å². The summed E-state index contributed by atoms with van der Waals surface area (Å²) in [5.74, 6) is -0.715. The normalized spacial score (nSPS) is 10.1. The van der Waals surface area contributed by atoms with Crippen molar-refractivity contribution < 1.29 is 14.3 Å². The lowest BCUT2D eigenvalue weighted by Crippen LogP contribution is -2.36. The van der Waals surface area contributed by atoms with Crippen molar-refractivity contribution in [2.75, 3.05) is 18.5 Å². The molecule has 0 saturated heterocycles. The Labute approximate surface area is 132 Å². The third-order valence-electron chi connectivity index (χ3n) is 3.21. The molecule has 0 atom stereocenters. The largest absolute Gasteiger partial charge is 0.492 e.